The van der Waals surface area contributed by atoms with Crippen LogP contribution in [-0.4, -0.2) is 22.9 Å². The van der Waals surface area contributed by atoms with Gasteiger partial charge in [0.25, 0.3) is 0 Å². The molecule has 2 aromatic rings. The van der Waals surface area contributed by atoms with Crippen molar-refractivity contribution in [3.05, 3.63) is 71.8 Å². The van der Waals surface area contributed by atoms with Crippen LogP contribution in [0.5, 0.6) is 0 Å². The molecule has 2 aromatic carbocycles. The van der Waals surface area contributed by atoms with Gasteiger partial charge in [-0.15, -0.1) is 0 Å². The fourth-order valence-electron chi connectivity index (χ4n) is 3.74. The lowest BCUT2D eigenvalue weighted by Crippen LogP contribution is -2.49. The lowest BCUT2D eigenvalue weighted by Gasteiger charge is -2.37. The molecule has 0 aromatic heterocycles. The first-order chi connectivity index (χ1) is 12.0. The van der Waals surface area contributed by atoms with E-state index in [2.05, 4.69) is 0 Å². The molecule has 130 valence electrons. The highest BCUT2D eigenvalue weighted by Crippen LogP contribution is 2.47. The largest absolute Gasteiger partial charge is 0.430 e. The molecule has 0 bridgehead atoms. The van der Waals surface area contributed by atoms with Crippen LogP contribution in [0.1, 0.15) is 38.3 Å². The van der Waals surface area contributed by atoms with Crippen LogP contribution in [0.3, 0.4) is 0 Å². The minimum Gasteiger partial charge on any atom is -0.430 e. The van der Waals surface area contributed by atoms with Crippen LogP contribution in [0.25, 0.3) is 0 Å². The van der Waals surface area contributed by atoms with Crippen molar-refractivity contribution in [2.75, 3.05) is 0 Å². The molecule has 0 spiro atoms. The summed E-state index contributed by atoms with van der Waals surface area (Å²) in [4.78, 5) is 26.6. The van der Waals surface area contributed by atoms with Crippen LogP contribution >= 0.6 is 0 Å². The Kier molecular flexibility index (Phi) is 4.62. The number of hydrogen-bond acceptors (Lipinski definition) is 3. The van der Waals surface area contributed by atoms with Gasteiger partial charge in [-0.2, -0.15) is 0 Å². The van der Waals surface area contributed by atoms with Crippen LogP contribution in [0.2, 0.25) is 0 Å². The Labute approximate surface area is 148 Å². The number of imide groups is 1. The van der Waals surface area contributed by atoms with Crippen molar-refractivity contribution in [3.63, 3.8) is 0 Å². The Morgan fingerprint density at radius 3 is 1.92 bits per heavy atom. The Balaban J connectivity index is 2.27. The van der Waals surface area contributed by atoms with Crippen LogP contribution in [-0.2, 0) is 15.1 Å². The smallest absolute Gasteiger partial charge is 0.418 e. The van der Waals surface area contributed by atoms with Gasteiger partial charge < -0.3 is 4.74 Å². The lowest BCUT2D eigenvalue weighted by molar-refractivity contribution is -0.130. The number of benzene rings is 2. The van der Waals surface area contributed by atoms with Crippen molar-refractivity contribution >= 4 is 12.0 Å². The standard InChI is InChI=1S/C21H23NO3/c1-4-18(23)22-19(15(2)3)21(25-20(22)24,16-11-7-5-8-12-16)17-13-9-6-10-14-17/h5-15,19H,4H2,1-3H3/t19-/m0/s1. The first-order valence-electron chi connectivity index (χ1n) is 8.68. The minimum absolute atomic E-state index is 0.0300. The van der Waals surface area contributed by atoms with Crippen molar-refractivity contribution in [1.82, 2.24) is 4.90 Å². The number of amides is 2. The van der Waals surface area contributed by atoms with Gasteiger partial charge in [-0.25, -0.2) is 9.69 Å². The third kappa shape index (κ3) is 2.72. The molecule has 2 amide bonds. The number of carbonyl (C=O) groups excluding carboxylic acids is 2. The van der Waals surface area contributed by atoms with E-state index in [-0.39, 0.29) is 18.2 Å². The molecule has 0 saturated carbocycles. The molecular weight excluding hydrogens is 314 g/mol. The molecule has 1 heterocycles. The molecule has 3 rings (SSSR count). The van der Waals surface area contributed by atoms with Crippen molar-refractivity contribution in [1.29, 1.82) is 0 Å². The average Bonchev–Trinajstić information content (AvgIpc) is 2.97. The number of ether oxygens (including phenoxy) is 1. The number of cyclic esters (lactones) is 1. The Hall–Kier alpha value is -2.62. The second-order valence-corrected chi connectivity index (χ2v) is 6.64. The van der Waals surface area contributed by atoms with Crippen molar-refractivity contribution in [3.8, 4) is 0 Å². The van der Waals surface area contributed by atoms with E-state index in [1.807, 2.05) is 74.5 Å². The highest BCUT2D eigenvalue weighted by atomic mass is 16.6. The van der Waals surface area contributed by atoms with Gasteiger partial charge in [-0.3, -0.25) is 4.79 Å². The Morgan fingerprint density at radius 1 is 1.04 bits per heavy atom. The van der Waals surface area contributed by atoms with Crippen LogP contribution in [0.4, 0.5) is 4.79 Å². The van der Waals surface area contributed by atoms with Gasteiger partial charge in [0.2, 0.25) is 5.91 Å². The zero-order valence-electron chi connectivity index (χ0n) is 14.8. The molecule has 0 unspecified atom stereocenters. The summed E-state index contributed by atoms with van der Waals surface area (Å²) in [6, 6.07) is 19.0. The summed E-state index contributed by atoms with van der Waals surface area (Å²) in [5.41, 5.74) is 0.748. The third-order valence-corrected chi connectivity index (χ3v) is 4.75. The first-order valence-corrected chi connectivity index (χ1v) is 8.68. The molecule has 4 heteroatoms. The number of hydrogen-bond donors (Lipinski definition) is 0. The van der Waals surface area contributed by atoms with E-state index < -0.39 is 17.7 Å². The van der Waals surface area contributed by atoms with Crippen LogP contribution in [0, 0.1) is 5.92 Å². The molecule has 1 aliphatic heterocycles. The van der Waals surface area contributed by atoms with E-state index in [9.17, 15) is 9.59 Å². The maximum atomic E-state index is 12.7. The number of carbonyl (C=O) groups is 2. The number of rotatable bonds is 4. The molecule has 1 saturated heterocycles. The van der Waals surface area contributed by atoms with Crippen molar-refractivity contribution in [2.45, 2.75) is 38.8 Å². The van der Waals surface area contributed by atoms with E-state index in [4.69, 9.17) is 4.74 Å². The highest BCUT2D eigenvalue weighted by molar-refractivity contribution is 5.94. The van der Waals surface area contributed by atoms with E-state index in [0.717, 1.165) is 11.1 Å². The molecule has 0 radical (unpaired) electrons. The van der Waals surface area contributed by atoms with Gasteiger partial charge in [0.1, 0.15) is 0 Å². The maximum Gasteiger partial charge on any atom is 0.418 e. The summed E-state index contributed by atoms with van der Waals surface area (Å²) in [5.74, 6) is -0.181. The molecule has 1 aliphatic rings. The van der Waals surface area contributed by atoms with E-state index in [1.54, 1.807) is 6.92 Å². The van der Waals surface area contributed by atoms with E-state index in [0.29, 0.717) is 0 Å². The fraction of sp³-hybridized carbons (Fsp3) is 0.333. The van der Waals surface area contributed by atoms with Crippen LogP contribution in [0.15, 0.2) is 60.7 Å². The summed E-state index contributed by atoms with van der Waals surface area (Å²) >= 11 is 0. The first kappa shape index (κ1) is 17.2. The molecule has 1 fully saturated rings. The molecule has 25 heavy (non-hydrogen) atoms. The predicted molar refractivity (Wildman–Crippen MR) is 95.9 cm³/mol. The molecule has 1 atom stereocenters. The zero-order chi connectivity index (χ0) is 18.0. The van der Waals surface area contributed by atoms with E-state index >= 15 is 0 Å². The summed E-state index contributed by atoms with van der Waals surface area (Å²) in [6.07, 6.45) is -0.309. The lowest BCUT2D eigenvalue weighted by atomic mass is 9.75. The van der Waals surface area contributed by atoms with Gasteiger partial charge in [-0.1, -0.05) is 81.4 Å². The van der Waals surface area contributed by atoms with Gasteiger partial charge in [0.15, 0.2) is 5.60 Å². The van der Waals surface area contributed by atoms with E-state index in [1.165, 1.54) is 4.90 Å². The van der Waals surface area contributed by atoms with Gasteiger partial charge in [0.05, 0.1) is 6.04 Å². The summed E-state index contributed by atoms with van der Waals surface area (Å²) < 4.78 is 6.00. The maximum absolute atomic E-state index is 12.7. The fourth-order valence-corrected chi connectivity index (χ4v) is 3.74. The monoisotopic (exact) mass is 337 g/mol. The van der Waals surface area contributed by atoms with Crippen molar-refractivity contribution < 1.29 is 14.3 Å². The summed E-state index contributed by atoms with van der Waals surface area (Å²) in [6.45, 7) is 5.80. The number of nitrogens with zero attached hydrogens (tertiary/aromatic N) is 1. The molecule has 4 nitrogen and oxygen atoms in total. The predicted octanol–water partition coefficient (Wildman–Crippen LogP) is 4.34. The van der Waals surface area contributed by atoms with Gasteiger partial charge in [0, 0.05) is 17.5 Å². The SMILES string of the molecule is CCC(=O)N1C(=O)OC(c2ccccc2)(c2ccccc2)[C@@H]1C(C)C. The third-order valence-electron chi connectivity index (χ3n) is 4.75. The summed E-state index contributed by atoms with van der Waals surface area (Å²) in [5, 5.41) is 0. The quantitative estimate of drug-likeness (QED) is 0.833. The Morgan fingerprint density at radius 2 is 1.52 bits per heavy atom. The van der Waals surface area contributed by atoms with Gasteiger partial charge >= 0.3 is 6.09 Å². The summed E-state index contributed by atoms with van der Waals surface area (Å²) in [7, 11) is 0. The van der Waals surface area contributed by atoms with Crippen molar-refractivity contribution in [2.24, 2.45) is 5.92 Å². The average molecular weight is 337 g/mol. The molecule has 0 aliphatic carbocycles. The zero-order valence-corrected chi connectivity index (χ0v) is 14.8. The highest BCUT2D eigenvalue weighted by Gasteiger charge is 2.58. The topological polar surface area (TPSA) is 46.6 Å². The van der Waals surface area contributed by atoms with Gasteiger partial charge in [-0.05, 0) is 5.92 Å². The second kappa shape index (κ2) is 6.71. The normalized spacial score (nSPS) is 19.1. The Bertz CT molecular complexity index is 716. The van der Waals surface area contributed by atoms with Crippen LogP contribution < -0.4 is 0 Å². The second-order valence-electron chi connectivity index (χ2n) is 6.64. The minimum atomic E-state index is -1.00. The molecular formula is C21H23NO3. The molecule has 0 N–H and O–H groups in total.